The number of ether oxygens (including phenoxy) is 4. The fourth-order valence-corrected chi connectivity index (χ4v) is 5.59. The first kappa shape index (κ1) is 9.70. The zero-order valence-electron chi connectivity index (χ0n) is 10.6. The molecule has 6 aliphatic rings. The van der Waals surface area contributed by atoms with Gasteiger partial charge < -0.3 is 18.9 Å². The summed E-state index contributed by atoms with van der Waals surface area (Å²) in [5.41, 5.74) is -0.255. The van der Waals surface area contributed by atoms with E-state index < -0.39 is 0 Å². The van der Waals surface area contributed by atoms with Gasteiger partial charge in [0.2, 0.25) is 0 Å². The Balaban J connectivity index is 1.54. The minimum atomic E-state index is -0.141. The highest BCUT2D eigenvalue weighted by Crippen LogP contribution is 2.77. The number of hydrogen-bond acceptors (Lipinski definition) is 4. The monoisotopic (exact) mass is 250 g/mol. The molecule has 4 aliphatic heterocycles. The van der Waals surface area contributed by atoms with Crippen molar-refractivity contribution >= 4 is 0 Å². The van der Waals surface area contributed by atoms with Gasteiger partial charge >= 0.3 is 0 Å². The molecule has 8 atom stereocenters. The molecule has 0 N–H and O–H groups in total. The van der Waals surface area contributed by atoms with Gasteiger partial charge in [-0.3, -0.25) is 0 Å². The smallest absolute Gasteiger partial charge is 0.155 e. The van der Waals surface area contributed by atoms with Crippen molar-refractivity contribution in [2.45, 2.75) is 73.8 Å². The highest BCUT2D eigenvalue weighted by molar-refractivity contribution is 5.44. The van der Waals surface area contributed by atoms with E-state index >= 15 is 0 Å². The maximum absolute atomic E-state index is 6.19. The van der Waals surface area contributed by atoms with Crippen LogP contribution in [0.2, 0.25) is 0 Å². The predicted octanol–water partition coefficient (Wildman–Crippen LogP) is 1.02. The third-order valence-electron chi connectivity index (χ3n) is 6.57. The van der Waals surface area contributed by atoms with Crippen LogP contribution in [0.15, 0.2) is 0 Å². The van der Waals surface area contributed by atoms with Crippen LogP contribution in [0, 0.1) is 5.92 Å². The van der Waals surface area contributed by atoms with Crippen molar-refractivity contribution < 1.29 is 18.9 Å². The lowest BCUT2D eigenvalue weighted by Crippen LogP contribution is -2.64. The molecule has 6 rings (SSSR count). The molecule has 2 saturated carbocycles. The summed E-state index contributed by atoms with van der Waals surface area (Å²) in [5.74, 6) is 0.574. The molecule has 98 valence electrons. The second-order valence-corrected chi connectivity index (χ2v) is 7.05. The van der Waals surface area contributed by atoms with Crippen LogP contribution < -0.4 is 0 Å². The molecule has 4 saturated heterocycles. The molecule has 18 heavy (non-hydrogen) atoms. The van der Waals surface area contributed by atoms with Crippen molar-refractivity contribution in [3.05, 3.63) is 0 Å². The zero-order chi connectivity index (χ0) is 11.8. The molecule has 8 unspecified atom stereocenters. The summed E-state index contributed by atoms with van der Waals surface area (Å²) in [6, 6.07) is 0. The Bertz CT molecular complexity index is 467. The first-order chi connectivity index (χ1) is 8.76. The van der Waals surface area contributed by atoms with Gasteiger partial charge in [0.25, 0.3) is 0 Å². The van der Waals surface area contributed by atoms with Crippen LogP contribution in [0.25, 0.3) is 0 Å². The Morgan fingerprint density at radius 1 is 1.06 bits per heavy atom. The average Bonchev–Trinajstić information content (AvgIpc) is 3.22. The van der Waals surface area contributed by atoms with Crippen LogP contribution in [0.4, 0.5) is 0 Å². The first-order valence-corrected chi connectivity index (χ1v) is 7.41. The van der Waals surface area contributed by atoms with E-state index in [1.165, 1.54) is 12.8 Å². The molecule has 2 aliphatic carbocycles. The number of hydrogen-bond donors (Lipinski definition) is 0. The molecule has 0 bridgehead atoms. The van der Waals surface area contributed by atoms with Gasteiger partial charge in [-0.2, -0.15) is 0 Å². The van der Waals surface area contributed by atoms with Gasteiger partial charge in [0.1, 0.15) is 29.5 Å². The molecule has 3 spiro atoms. The van der Waals surface area contributed by atoms with Crippen LogP contribution in [-0.4, -0.2) is 47.8 Å². The number of fused-ring (bicyclic) bond motifs is 1. The third-order valence-corrected chi connectivity index (χ3v) is 6.57. The van der Waals surface area contributed by atoms with Gasteiger partial charge in [-0.1, -0.05) is 6.92 Å². The lowest BCUT2D eigenvalue weighted by Gasteiger charge is -2.43. The van der Waals surface area contributed by atoms with E-state index in [4.69, 9.17) is 18.9 Å². The second-order valence-electron chi connectivity index (χ2n) is 7.05. The van der Waals surface area contributed by atoms with Crippen molar-refractivity contribution in [1.29, 1.82) is 0 Å². The second kappa shape index (κ2) is 2.41. The minimum Gasteiger partial charge on any atom is -0.372 e. The Hall–Kier alpha value is -0.160. The molecule has 6 fully saturated rings. The highest BCUT2D eigenvalue weighted by Gasteiger charge is 2.96. The predicted molar refractivity (Wildman–Crippen MR) is 60.2 cm³/mol. The molecule has 4 heterocycles. The van der Waals surface area contributed by atoms with Crippen LogP contribution in [0.3, 0.4) is 0 Å². The van der Waals surface area contributed by atoms with E-state index in [-0.39, 0.29) is 29.0 Å². The summed E-state index contributed by atoms with van der Waals surface area (Å²) in [6.07, 6.45) is 5.72. The normalized spacial score (nSPS) is 74.2. The highest BCUT2D eigenvalue weighted by atomic mass is 16.8. The van der Waals surface area contributed by atoms with E-state index in [0.717, 1.165) is 19.4 Å². The van der Waals surface area contributed by atoms with E-state index in [1.807, 2.05) is 0 Å². The minimum absolute atomic E-state index is 0.0394. The molecule has 0 aromatic heterocycles. The Morgan fingerprint density at radius 2 is 2.00 bits per heavy atom. The summed E-state index contributed by atoms with van der Waals surface area (Å²) in [6.45, 7) is 3.16. The van der Waals surface area contributed by atoms with E-state index in [2.05, 4.69) is 6.92 Å². The molecule has 4 heteroatoms. The summed E-state index contributed by atoms with van der Waals surface area (Å²) < 4.78 is 24.7. The summed E-state index contributed by atoms with van der Waals surface area (Å²) in [5, 5.41) is 0. The van der Waals surface area contributed by atoms with Gasteiger partial charge in [0.05, 0.1) is 6.10 Å². The SMILES string of the molecule is CC1CCOC2C13OC3C1OC13CCCC1OC123. The van der Waals surface area contributed by atoms with Crippen molar-refractivity contribution in [2.75, 3.05) is 6.61 Å². The Labute approximate surface area is 106 Å². The van der Waals surface area contributed by atoms with Crippen LogP contribution in [0.1, 0.15) is 32.6 Å². The van der Waals surface area contributed by atoms with E-state index in [0.29, 0.717) is 18.1 Å². The molecule has 0 radical (unpaired) electrons. The van der Waals surface area contributed by atoms with Gasteiger partial charge in [-0.05, 0) is 31.6 Å². The van der Waals surface area contributed by atoms with Crippen molar-refractivity contribution in [3.8, 4) is 0 Å². The number of epoxide rings is 3. The summed E-state index contributed by atoms with van der Waals surface area (Å²) in [4.78, 5) is 0. The quantitative estimate of drug-likeness (QED) is 0.602. The van der Waals surface area contributed by atoms with Crippen molar-refractivity contribution in [2.24, 2.45) is 5.92 Å². The average molecular weight is 250 g/mol. The summed E-state index contributed by atoms with van der Waals surface area (Å²) >= 11 is 0. The molecular weight excluding hydrogens is 232 g/mol. The van der Waals surface area contributed by atoms with Crippen LogP contribution >= 0.6 is 0 Å². The van der Waals surface area contributed by atoms with Crippen LogP contribution in [-0.2, 0) is 18.9 Å². The first-order valence-electron chi connectivity index (χ1n) is 7.41. The topological polar surface area (TPSA) is 46.8 Å². The van der Waals surface area contributed by atoms with Crippen molar-refractivity contribution in [1.82, 2.24) is 0 Å². The molecule has 0 aromatic rings. The molecule has 0 amide bonds. The third kappa shape index (κ3) is 0.695. The number of rotatable bonds is 0. The van der Waals surface area contributed by atoms with Gasteiger partial charge in [-0.15, -0.1) is 0 Å². The van der Waals surface area contributed by atoms with Gasteiger partial charge in [-0.25, -0.2) is 0 Å². The summed E-state index contributed by atoms with van der Waals surface area (Å²) in [7, 11) is 0. The lowest BCUT2D eigenvalue weighted by molar-refractivity contribution is -0.126. The van der Waals surface area contributed by atoms with Crippen LogP contribution in [0.5, 0.6) is 0 Å². The van der Waals surface area contributed by atoms with Gasteiger partial charge in [0.15, 0.2) is 5.60 Å². The van der Waals surface area contributed by atoms with Crippen molar-refractivity contribution in [3.63, 3.8) is 0 Å². The van der Waals surface area contributed by atoms with Gasteiger partial charge in [0, 0.05) is 6.61 Å². The maximum atomic E-state index is 6.19. The van der Waals surface area contributed by atoms with E-state index in [9.17, 15) is 0 Å². The zero-order valence-corrected chi connectivity index (χ0v) is 10.6. The Morgan fingerprint density at radius 3 is 2.94 bits per heavy atom. The lowest BCUT2D eigenvalue weighted by atomic mass is 9.61. The Kier molecular flexibility index (Phi) is 1.30. The maximum Gasteiger partial charge on any atom is 0.155 e. The fourth-order valence-electron chi connectivity index (χ4n) is 5.59. The standard InChI is InChI=1S/C14H18O4/c1-7-4-6-15-11-13(7)10(18-13)9-12(17-9)5-2-3-8-14(11,12)16-8/h7-11H,2-6H2,1H3. The molecule has 4 nitrogen and oxygen atoms in total. The fraction of sp³-hybridized carbons (Fsp3) is 1.00. The molecular formula is C14H18O4. The largest absolute Gasteiger partial charge is 0.372 e. The molecule has 0 aromatic carbocycles. The van der Waals surface area contributed by atoms with E-state index in [1.54, 1.807) is 0 Å².